The monoisotopic (exact) mass is 325 g/mol. The zero-order valence-electron chi connectivity index (χ0n) is 13.9. The molecule has 1 atom stereocenters. The van der Waals surface area contributed by atoms with Crippen LogP contribution in [0.1, 0.15) is 25.3 Å². The Morgan fingerprint density at radius 2 is 2.04 bits per heavy atom. The Labute approximate surface area is 142 Å². The van der Waals surface area contributed by atoms with E-state index >= 15 is 0 Å². The smallest absolute Gasteiger partial charge is 0.227 e. The summed E-state index contributed by atoms with van der Waals surface area (Å²) in [7, 11) is 0. The molecule has 6 nitrogen and oxygen atoms in total. The summed E-state index contributed by atoms with van der Waals surface area (Å²) in [6.07, 6.45) is 3.01. The number of carbonyl (C=O) groups is 1. The number of hydrogen-bond donors (Lipinski definition) is 1. The summed E-state index contributed by atoms with van der Waals surface area (Å²) in [5.41, 5.74) is 6.92. The lowest BCUT2D eigenvalue weighted by atomic mass is 10.1. The number of aromatic nitrogens is 2. The van der Waals surface area contributed by atoms with Crippen molar-refractivity contribution < 1.29 is 4.79 Å². The zero-order chi connectivity index (χ0) is 16.9. The number of hydrogen-bond acceptors (Lipinski definition) is 5. The van der Waals surface area contributed by atoms with Crippen molar-refractivity contribution in [3.63, 3.8) is 0 Å². The Kier molecular flexibility index (Phi) is 4.93. The maximum absolute atomic E-state index is 12.7. The second kappa shape index (κ2) is 7.29. The molecule has 3 rings (SSSR count). The third-order valence-corrected chi connectivity index (χ3v) is 4.40. The summed E-state index contributed by atoms with van der Waals surface area (Å²) >= 11 is 0. The van der Waals surface area contributed by atoms with Crippen LogP contribution in [0.4, 0.5) is 11.8 Å². The van der Waals surface area contributed by atoms with Crippen molar-refractivity contribution in [3.05, 3.63) is 48.2 Å². The SMILES string of the molecule is CC[C@@H]1CN(c2nccc(N)n2)CCC(=O)N1Cc1ccccc1. The average molecular weight is 325 g/mol. The van der Waals surface area contributed by atoms with Crippen LogP contribution in [-0.4, -0.2) is 39.9 Å². The van der Waals surface area contributed by atoms with Gasteiger partial charge >= 0.3 is 0 Å². The molecule has 2 aromatic rings. The molecule has 1 aromatic carbocycles. The molecule has 1 aliphatic rings. The van der Waals surface area contributed by atoms with Crippen molar-refractivity contribution in [2.75, 3.05) is 23.7 Å². The molecule has 1 fully saturated rings. The first kappa shape index (κ1) is 16.2. The van der Waals surface area contributed by atoms with E-state index in [1.807, 2.05) is 23.1 Å². The van der Waals surface area contributed by atoms with Crippen LogP contribution in [0.15, 0.2) is 42.6 Å². The van der Waals surface area contributed by atoms with Crippen molar-refractivity contribution >= 4 is 17.7 Å². The molecule has 2 N–H and O–H groups in total. The molecule has 1 amide bonds. The molecule has 24 heavy (non-hydrogen) atoms. The van der Waals surface area contributed by atoms with Crippen molar-refractivity contribution in [2.45, 2.75) is 32.4 Å². The van der Waals surface area contributed by atoms with Gasteiger partial charge in [0, 0.05) is 38.3 Å². The Morgan fingerprint density at radius 1 is 1.25 bits per heavy atom. The third-order valence-electron chi connectivity index (χ3n) is 4.40. The lowest BCUT2D eigenvalue weighted by Crippen LogP contribution is -2.42. The van der Waals surface area contributed by atoms with Crippen LogP contribution in [0, 0.1) is 0 Å². The summed E-state index contributed by atoms with van der Waals surface area (Å²) in [6, 6.07) is 11.9. The number of amides is 1. The number of anilines is 2. The molecule has 0 saturated carbocycles. The van der Waals surface area contributed by atoms with Gasteiger partial charge in [-0.3, -0.25) is 4.79 Å². The normalized spacial score (nSPS) is 18.5. The highest BCUT2D eigenvalue weighted by atomic mass is 16.2. The molecule has 126 valence electrons. The van der Waals surface area contributed by atoms with E-state index in [0.29, 0.717) is 31.3 Å². The minimum atomic E-state index is 0.130. The maximum atomic E-state index is 12.7. The highest BCUT2D eigenvalue weighted by molar-refractivity contribution is 5.77. The minimum Gasteiger partial charge on any atom is -0.384 e. The minimum absolute atomic E-state index is 0.130. The Balaban J connectivity index is 1.80. The summed E-state index contributed by atoms with van der Waals surface area (Å²) in [6.45, 7) is 4.09. The number of nitrogens with zero attached hydrogens (tertiary/aromatic N) is 4. The van der Waals surface area contributed by atoms with E-state index in [-0.39, 0.29) is 11.9 Å². The summed E-state index contributed by atoms with van der Waals surface area (Å²) in [5.74, 6) is 1.23. The molecule has 0 radical (unpaired) electrons. The van der Waals surface area contributed by atoms with Crippen molar-refractivity contribution in [3.8, 4) is 0 Å². The van der Waals surface area contributed by atoms with Gasteiger partial charge in [-0.05, 0) is 18.1 Å². The van der Waals surface area contributed by atoms with E-state index in [1.54, 1.807) is 12.3 Å². The number of rotatable bonds is 4. The summed E-state index contributed by atoms with van der Waals surface area (Å²) in [4.78, 5) is 25.3. The van der Waals surface area contributed by atoms with Crippen molar-refractivity contribution in [1.82, 2.24) is 14.9 Å². The summed E-state index contributed by atoms with van der Waals surface area (Å²) < 4.78 is 0. The second-order valence-corrected chi connectivity index (χ2v) is 6.05. The first-order valence-corrected chi connectivity index (χ1v) is 8.34. The molecule has 1 aliphatic heterocycles. The van der Waals surface area contributed by atoms with Crippen LogP contribution in [0.5, 0.6) is 0 Å². The van der Waals surface area contributed by atoms with Gasteiger partial charge in [-0.1, -0.05) is 37.3 Å². The quantitative estimate of drug-likeness (QED) is 0.931. The van der Waals surface area contributed by atoms with Gasteiger partial charge in [-0.2, -0.15) is 4.98 Å². The molecule has 0 aliphatic carbocycles. The Bertz CT molecular complexity index is 691. The number of nitrogen functional groups attached to an aromatic ring is 1. The largest absolute Gasteiger partial charge is 0.384 e. The first-order valence-electron chi connectivity index (χ1n) is 8.34. The second-order valence-electron chi connectivity index (χ2n) is 6.05. The van der Waals surface area contributed by atoms with Crippen molar-refractivity contribution in [2.24, 2.45) is 0 Å². The van der Waals surface area contributed by atoms with Gasteiger partial charge in [-0.25, -0.2) is 4.98 Å². The highest BCUT2D eigenvalue weighted by Crippen LogP contribution is 2.20. The number of nitrogens with two attached hydrogens (primary N) is 1. The zero-order valence-corrected chi connectivity index (χ0v) is 13.9. The molecular weight excluding hydrogens is 302 g/mol. The van der Waals surface area contributed by atoms with E-state index in [2.05, 4.69) is 33.9 Å². The van der Waals surface area contributed by atoms with Crippen LogP contribution in [-0.2, 0) is 11.3 Å². The molecule has 1 saturated heterocycles. The Morgan fingerprint density at radius 3 is 2.75 bits per heavy atom. The van der Waals surface area contributed by atoms with E-state index < -0.39 is 0 Å². The molecule has 2 heterocycles. The maximum Gasteiger partial charge on any atom is 0.227 e. The van der Waals surface area contributed by atoms with Crippen LogP contribution < -0.4 is 10.6 Å². The van der Waals surface area contributed by atoms with Crippen LogP contribution in [0.2, 0.25) is 0 Å². The number of carbonyl (C=O) groups excluding carboxylic acids is 1. The van der Waals surface area contributed by atoms with Crippen LogP contribution >= 0.6 is 0 Å². The van der Waals surface area contributed by atoms with Gasteiger partial charge < -0.3 is 15.5 Å². The molecular formula is C18H23N5O. The lowest BCUT2D eigenvalue weighted by Gasteiger charge is -2.31. The van der Waals surface area contributed by atoms with E-state index in [0.717, 1.165) is 18.5 Å². The molecule has 0 unspecified atom stereocenters. The van der Waals surface area contributed by atoms with E-state index in [9.17, 15) is 4.79 Å². The third kappa shape index (κ3) is 3.64. The number of benzene rings is 1. The molecule has 0 spiro atoms. The van der Waals surface area contributed by atoms with Crippen LogP contribution in [0.25, 0.3) is 0 Å². The molecule has 6 heteroatoms. The fraction of sp³-hybridized carbons (Fsp3) is 0.389. The van der Waals surface area contributed by atoms with Gasteiger partial charge in [0.15, 0.2) is 0 Å². The predicted octanol–water partition coefficient (Wildman–Crippen LogP) is 2.08. The van der Waals surface area contributed by atoms with Gasteiger partial charge in [-0.15, -0.1) is 0 Å². The van der Waals surface area contributed by atoms with Gasteiger partial charge in [0.2, 0.25) is 11.9 Å². The van der Waals surface area contributed by atoms with Gasteiger partial charge in [0.1, 0.15) is 5.82 Å². The van der Waals surface area contributed by atoms with Gasteiger partial charge in [0.05, 0.1) is 0 Å². The van der Waals surface area contributed by atoms with Gasteiger partial charge in [0.25, 0.3) is 0 Å². The van der Waals surface area contributed by atoms with E-state index in [1.165, 1.54) is 0 Å². The predicted molar refractivity (Wildman–Crippen MR) is 94.3 cm³/mol. The van der Waals surface area contributed by atoms with Crippen LogP contribution in [0.3, 0.4) is 0 Å². The molecule has 0 bridgehead atoms. The topological polar surface area (TPSA) is 75.4 Å². The fourth-order valence-electron chi connectivity index (χ4n) is 3.06. The first-order chi connectivity index (χ1) is 11.7. The Hall–Kier alpha value is -2.63. The highest BCUT2D eigenvalue weighted by Gasteiger charge is 2.29. The standard InChI is InChI=1S/C18H23N5O/c1-2-15-13-22(18-20-10-8-16(19)21-18)11-9-17(24)23(15)12-14-6-4-3-5-7-14/h3-8,10,15H,2,9,11-13H2,1H3,(H2,19,20,21)/t15-/m1/s1. The van der Waals surface area contributed by atoms with E-state index in [4.69, 9.17) is 5.73 Å². The molecule has 1 aromatic heterocycles. The average Bonchev–Trinajstić information content (AvgIpc) is 2.76. The summed E-state index contributed by atoms with van der Waals surface area (Å²) in [5, 5.41) is 0. The fourth-order valence-corrected chi connectivity index (χ4v) is 3.06. The van der Waals surface area contributed by atoms with Crippen molar-refractivity contribution in [1.29, 1.82) is 0 Å². The lowest BCUT2D eigenvalue weighted by molar-refractivity contribution is -0.133.